The predicted octanol–water partition coefficient (Wildman–Crippen LogP) is 2.98. The van der Waals surface area contributed by atoms with Crippen LogP contribution < -0.4 is 5.32 Å². The van der Waals surface area contributed by atoms with Gasteiger partial charge in [-0.25, -0.2) is 0 Å². The van der Waals surface area contributed by atoms with Crippen molar-refractivity contribution >= 4 is 11.8 Å². The lowest BCUT2D eigenvalue weighted by molar-refractivity contribution is 0.0879. The number of fused-ring (bicyclic) bond motifs is 1. The molecule has 1 heterocycles. The van der Waals surface area contributed by atoms with Crippen molar-refractivity contribution in [1.29, 1.82) is 0 Å². The van der Waals surface area contributed by atoms with Crippen molar-refractivity contribution in [3.8, 4) is 23.7 Å². The molecule has 2 rings (SSSR count). The van der Waals surface area contributed by atoms with Gasteiger partial charge in [-0.3, -0.25) is 14.9 Å². The van der Waals surface area contributed by atoms with Gasteiger partial charge in [-0.05, 0) is 19.1 Å². The average molecular weight is 281 g/mol. The Labute approximate surface area is 126 Å². The zero-order valence-electron chi connectivity index (χ0n) is 13.0. The molecule has 0 atom stereocenters. The molecule has 0 aromatic heterocycles. The largest absolute Gasteiger partial charge is 0.288 e. The molecule has 0 bridgehead atoms. The van der Waals surface area contributed by atoms with E-state index in [0.29, 0.717) is 22.3 Å². The average Bonchev–Trinajstić information content (AvgIpc) is 2.76. The molecule has 3 heteroatoms. The van der Waals surface area contributed by atoms with E-state index in [1.807, 2.05) is 27.7 Å². The summed E-state index contributed by atoms with van der Waals surface area (Å²) >= 11 is 0. The number of rotatable bonds is 0. The summed E-state index contributed by atoms with van der Waals surface area (Å²) in [5.74, 6) is 10.9. The third-order valence-electron chi connectivity index (χ3n) is 2.64. The highest BCUT2D eigenvalue weighted by Crippen LogP contribution is 2.23. The van der Waals surface area contributed by atoms with Crippen LogP contribution in [-0.4, -0.2) is 11.8 Å². The second kappa shape index (κ2) is 7.31. The summed E-state index contributed by atoms with van der Waals surface area (Å²) in [4.78, 5) is 23.7. The number of amides is 2. The molecule has 0 saturated heterocycles. The van der Waals surface area contributed by atoms with Crippen LogP contribution >= 0.6 is 0 Å². The summed E-state index contributed by atoms with van der Waals surface area (Å²) in [5, 5.41) is 2.30. The first-order valence-electron chi connectivity index (χ1n) is 7.01. The summed E-state index contributed by atoms with van der Waals surface area (Å²) < 4.78 is 0. The summed E-state index contributed by atoms with van der Waals surface area (Å²) in [7, 11) is 0. The summed E-state index contributed by atoms with van der Waals surface area (Å²) in [6.07, 6.45) is 0. The van der Waals surface area contributed by atoms with Gasteiger partial charge in [-0.15, -0.1) is 5.92 Å². The van der Waals surface area contributed by atoms with Gasteiger partial charge in [0.05, 0.1) is 11.1 Å². The Hall–Kier alpha value is -2.52. The third kappa shape index (κ3) is 3.52. The van der Waals surface area contributed by atoms with Crippen molar-refractivity contribution in [1.82, 2.24) is 5.32 Å². The lowest BCUT2D eigenvalue weighted by atomic mass is 9.97. The first-order valence-corrected chi connectivity index (χ1v) is 7.01. The van der Waals surface area contributed by atoms with Crippen LogP contribution in [0.3, 0.4) is 0 Å². The minimum atomic E-state index is -0.397. The Balaban J connectivity index is 0.00000106. The van der Waals surface area contributed by atoms with Crippen molar-refractivity contribution in [3.05, 3.63) is 34.4 Å². The zero-order chi connectivity index (χ0) is 16.0. The molecule has 0 fully saturated rings. The highest BCUT2D eigenvalue weighted by Gasteiger charge is 2.31. The maximum atomic E-state index is 11.9. The van der Waals surface area contributed by atoms with Crippen molar-refractivity contribution in [2.75, 3.05) is 0 Å². The summed E-state index contributed by atoms with van der Waals surface area (Å²) in [6.45, 7) is 9.62. The Bertz CT molecular complexity index is 692. The van der Waals surface area contributed by atoms with Crippen LogP contribution in [-0.2, 0) is 0 Å². The molecule has 0 unspecified atom stereocenters. The predicted molar refractivity (Wildman–Crippen MR) is 83.9 cm³/mol. The van der Waals surface area contributed by atoms with E-state index in [9.17, 15) is 9.59 Å². The van der Waals surface area contributed by atoms with Crippen LogP contribution in [0.2, 0.25) is 0 Å². The minimum absolute atomic E-state index is 0.200. The fourth-order valence-corrected chi connectivity index (χ4v) is 1.87. The quantitative estimate of drug-likeness (QED) is 0.587. The molecule has 21 heavy (non-hydrogen) atoms. The Morgan fingerprint density at radius 2 is 1.43 bits per heavy atom. The van der Waals surface area contributed by atoms with Crippen molar-refractivity contribution in [3.63, 3.8) is 0 Å². The van der Waals surface area contributed by atoms with Gasteiger partial charge in [0.15, 0.2) is 0 Å². The van der Waals surface area contributed by atoms with Crippen LogP contribution in [0.4, 0.5) is 0 Å². The van der Waals surface area contributed by atoms with Gasteiger partial charge in [-0.2, -0.15) is 0 Å². The van der Waals surface area contributed by atoms with Gasteiger partial charge >= 0.3 is 0 Å². The lowest BCUT2D eigenvalue weighted by Gasteiger charge is -2.01. The molecule has 0 aliphatic carbocycles. The Morgan fingerprint density at radius 3 is 1.86 bits per heavy atom. The first-order chi connectivity index (χ1) is 10.0. The smallest absolute Gasteiger partial charge is 0.260 e. The fourth-order valence-electron chi connectivity index (χ4n) is 1.87. The molecule has 3 nitrogen and oxygen atoms in total. The van der Waals surface area contributed by atoms with Crippen LogP contribution in [0.1, 0.15) is 66.5 Å². The number of nitrogens with one attached hydrogen (secondary N) is 1. The van der Waals surface area contributed by atoms with E-state index in [4.69, 9.17) is 0 Å². The number of hydrogen-bond donors (Lipinski definition) is 1. The molecule has 1 N–H and O–H groups in total. The third-order valence-corrected chi connectivity index (χ3v) is 2.64. The van der Waals surface area contributed by atoms with Crippen LogP contribution in [0, 0.1) is 29.6 Å². The molecule has 2 amide bonds. The molecule has 108 valence electrons. The van der Waals surface area contributed by atoms with Crippen molar-refractivity contribution in [2.24, 2.45) is 5.92 Å². The standard InChI is InChI=1S/C16H13NO2.C2H6/c1-4-5-11-8-9-12(7-6-10(2)3)14-13(11)15(18)17-16(14)19;1-2/h8-10H,1-3H3,(H,17,18,19);1-2H3. The highest BCUT2D eigenvalue weighted by molar-refractivity contribution is 6.23. The van der Waals surface area contributed by atoms with E-state index in [0.717, 1.165) is 0 Å². The number of carbonyl (C=O) groups excluding carboxylic acids is 2. The topological polar surface area (TPSA) is 46.2 Å². The SMILES string of the molecule is CC.CC#Cc1ccc(C#CC(C)C)c2c1C(=O)NC2=O. The molecule has 0 radical (unpaired) electrons. The molecule has 0 spiro atoms. The maximum absolute atomic E-state index is 11.9. The maximum Gasteiger partial charge on any atom is 0.260 e. The van der Waals surface area contributed by atoms with E-state index in [1.54, 1.807) is 19.1 Å². The van der Waals surface area contributed by atoms with Gasteiger partial charge in [0.2, 0.25) is 0 Å². The normalized spacial score (nSPS) is 11.3. The number of benzene rings is 1. The zero-order valence-corrected chi connectivity index (χ0v) is 13.0. The van der Waals surface area contributed by atoms with Gasteiger partial charge in [-0.1, -0.05) is 45.5 Å². The number of carbonyl (C=O) groups is 2. The summed E-state index contributed by atoms with van der Waals surface area (Å²) in [5.41, 5.74) is 1.83. The number of imide groups is 1. The van der Waals surface area contributed by atoms with E-state index >= 15 is 0 Å². The summed E-state index contributed by atoms with van der Waals surface area (Å²) in [6, 6.07) is 3.48. The van der Waals surface area contributed by atoms with E-state index < -0.39 is 11.8 Å². The minimum Gasteiger partial charge on any atom is -0.288 e. The first kappa shape index (κ1) is 16.5. The molecular weight excluding hydrogens is 262 g/mol. The molecule has 1 aromatic rings. The van der Waals surface area contributed by atoms with Gasteiger partial charge < -0.3 is 0 Å². The van der Waals surface area contributed by atoms with Crippen molar-refractivity contribution in [2.45, 2.75) is 34.6 Å². The van der Waals surface area contributed by atoms with E-state index in [1.165, 1.54) is 0 Å². The van der Waals surface area contributed by atoms with Crippen LogP contribution in [0.15, 0.2) is 12.1 Å². The fraction of sp³-hybridized carbons (Fsp3) is 0.333. The molecule has 1 aromatic carbocycles. The number of hydrogen-bond acceptors (Lipinski definition) is 2. The van der Waals surface area contributed by atoms with Gasteiger partial charge in [0, 0.05) is 17.0 Å². The molecule has 1 aliphatic rings. The van der Waals surface area contributed by atoms with E-state index in [-0.39, 0.29) is 5.92 Å². The Kier molecular flexibility index (Phi) is 5.76. The lowest BCUT2D eigenvalue weighted by Crippen LogP contribution is -2.20. The monoisotopic (exact) mass is 281 g/mol. The second-order valence-electron chi connectivity index (χ2n) is 4.49. The molecular formula is C18H19NO2. The van der Waals surface area contributed by atoms with Crippen LogP contribution in [0.5, 0.6) is 0 Å². The molecule has 1 aliphatic heterocycles. The van der Waals surface area contributed by atoms with Crippen molar-refractivity contribution < 1.29 is 9.59 Å². The van der Waals surface area contributed by atoms with E-state index in [2.05, 4.69) is 29.0 Å². The Morgan fingerprint density at radius 1 is 0.952 bits per heavy atom. The highest BCUT2D eigenvalue weighted by atomic mass is 16.2. The second-order valence-corrected chi connectivity index (χ2v) is 4.49. The molecule has 0 saturated carbocycles. The van der Waals surface area contributed by atoms with Gasteiger partial charge in [0.25, 0.3) is 11.8 Å². The van der Waals surface area contributed by atoms with Gasteiger partial charge in [0.1, 0.15) is 0 Å². The van der Waals surface area contributed by atoms with Crippen LogP contribution in [0.25, 0.3) is 0 Å².